The van der Waals surface area contributed by atoms with E-state index in [1.165, 1.54) is 20.2 Å². The molecule has 276 valence electrons. The number of para-hydroxylation sites is 1. The zero-order valence-corrected chi connectivity index (χ0v) is 32.2. The van der Waals surface area contributed by atoms with Gasteiger partial charge in [0.2, 0.25) is 5.89 Å². The van der Waals surface area contributed by atoms with Gasteiger partial charge >= 0.3 is 0 Å². The normalized spacial score (nSPS) is 11.7. The molecule has 0 atom stereocenters. The van der Waals surface area contributed by atoms with Gasteiger partial charge in [-0.15, -0.1) is 11.3 Å². The Kier molecular flexibility index (Phi) is 7.61. The Morgan fingerprint density at radius 1 is 0.339 bits per heavy atom. The molecule has 0 fully saturated rings. The Morgan fingerprint density at radius 3 is 1.81 bits per heavy atom. The van der Waals surface area contributed by atoms with Crippen LogP contribution >= 0.6 is 11.3 Å². The van der Waals surface area contributed by atoms with Gasteiger partial charge in [-0.05, 0) is 76.9 Å². The molecule has 0 aliphatic heterocycles. The van der Waals surface area contributed by atoms with E-state index in [1.807, 2.05) is 78.9 Å². The van der Waals surface area contributed by atoms with Crippen LogP contribution in [0.2, 0.25) is 0 Å². The molecule has 0 spiro atoms. The lowest BCUT2D eigenvalue weighted by Gasteiger charge is -2.10. The smallest absolute Gasteiger partial charge is 0.227 e. The number of fused-ring (bicyclic) bond motifs is 7. The molecule has 4 aromatic heterocycles. The summed E-state index contributed by atoms with van der Waals surface area (Å²) in [5.74, 6) is 2.40. The van der Waals surface area contributed by atoms with Crippen molar-refractivity contribution in [2.45, 2.75) is 0 Å². The minimum atomic E-state index is 0.583. The van der Waals surface area contributed by atoms with E-state index in [0.29, 0.717) is 23.4 Å². The van der Waals surface area contributed by atoms with Crippen LogP contribution in [0, 0.1) is 0 Å². The molecule has 0 aliphatic carbocycles. The van der Waals surface area contributed by atoms with Crippen molar-refractivity contribution in [1.29, 1.82) is 0 Å². The van der Waals surface area contributed by atoms with E-state index in [1.54, 1.807) is 11.3 Å². The van der Waals surface area contributed by atoms with E-state index in [9.17, 15) is 0 Å². The molecule has 12 rings (SSSR count). The van der Waals surface area contributed by atoms with E-state index < -0.39 is 0 Å². The molecule has 0 N–H and O–H groups in total. The summed E-state index contributed by atoms with van der Waals surface area (Å²) in [4.78, 5) is 20.0. The van der Waals surface area contributed by atoms with E-state index in [2.05, 4.69) is 103 Å². The van der Waals surface area contributed by atoms with Crippen LogP contribution in [-0.4, -0.2) is 19.9 Å². The molecule has 0 saturated heterocycles. The number of oxazole rings is 1. The monoisotopic (exact) mass is 774 g/mol. The fraction of sp³-hybridized carbons (Fsp3) is 0. The lowest BCUT2D eigenvalue weighted by Crippen LogP contribution is -2.00. The lowest BCUT2D eigenvalue weighted by molar-refractivity contribution is 0.620. The van der Waals surface area contributed by atoms with Crippen LogP contribution in [-0.2, 0) is 0 Å². The molecule has 0 saturated carbocycles. The van der Waals surface area contributed by atoms with Gasteiger partial charge in [-0.2, -0.15) is 0 Å². The Hall–Kier alpha value is -7.74. The number of hydrogen-bond donors (Lipinski definition) is 0. The number of benzene rings is 8. The highest BCUT2D eigenvalue weighted by molar-refractivity contribution is 7.26. The number of aromatic nitrogens is 4. The predicted molar refractivity (Wildman–Crippen MR) is 240 cm³/mol. The molecule has 59 heavy (non-hydrogen) atoms. The number of thiophene rings is 1. The molecule has 0 aliphatic rings. The minimum Gasteiger partial charge on any atom is -0.456 e. The van der Waals surface area contributed by atoms with Gasteiger partial charge in [0.05, 0.1) is 0 Å². The molecular formula is C52H30N4O2S. The van der Waals surface area contributed by atoms with E-state index >= 15 is 0 Å². The largest absolute Gasteiger partial charge is 0.456 e. The number of nitrogens with zero attached hydrogens (tertiary/aromatic N) is 4. The van der Waals surface area contributed by atoms with Crippen molar-refractivity contribution in [3.63, 3.8) is 0 Å². The summed E-state index contributed by atoms with van der Waals surface area (Å²) < 4.78 is 15.0. The third-order valence-electron chi connectivity index (χ3n) is 11.0. The maximum absolute atomic E-state index is 6.38. The Labute approximate surface area is 341 Å². The molecule has 0 radical (unpaired) electrons. The Morgan fingerprint density at radius 2 is 0.966 bits per heavy atom. The van der Waals surface area contributed by atoms with Gasteiger partial charge in [-0.3, -0.25) is 0 Å². The zero-order chi connectivity index (χ0) is 38.9. The number of furan rings is 1. The standard InChI is InChI=1S/C52H30N4O2S/c1-3-11-31(12-4-1)33-22-25-43-46(29-33)58-52(53-43)37-23-26-47-42(28-37)41-19-10-18-38(48(41)59-47)34-15-9-16-35(27-34)50-54-49(32-13-5-2-6-14-32)55-51(56-50)36-21-24-40-39-17-7-8-20-44(39)57-45(40)30-36/h1-30H. The quantitative estimate of drug-likeness (QED) is 0.167. The van der Waals surface area contributed by atoms with Gasteiger partial charge in [0.15, 0.2) is 23.1 Å². The molecule has 8 aromatic carbocycles. The molecule has 7 heteroatoms. The lowest BCUT2D eigenvalue weighted by atomic mass is 10.00. The SMILES string of the molecule is c1ccc(-c2ccc3nc(-c4ccc5sc6c(-c7cccc(-c8nc(-c9ccccc9)nc(-c9ccc%10c(c9)oc9ccccc9%10)n8)c7)cccc6c5c4)oc3c2)cc1. The summed E-state index contributed by atoms with van der Waals surface area (Å²) in [6.07, 6.45) is 0. The molecule has 0 amide bonds. The first-order valence-corrected chi connectivity index (χ1v) is 20.3. The van der Waals surface area contributed by atoms with Crippen molar-refractivity contribution >= 4 is 64.5 Å². The third-order valence-corrected chi connectivity index (χ3v) is 12.2. The summed E-state index contributed by atoms with van der Waals surface area (Å²) in [5.41, 5.74) is 11.4. The van der Waals surface area contributed by atoms with Crippen LogP contribution in [0.3, 0.4) is 0 Å². The van der Waals surface area contributed by atoms with Crippen LogP contribution in [0.5, 0.6) is 0 Å². The zero-order valence-electron chi connectivity index (χ0n) is 31.3. The number of rotatable bonds is 6. The van der Waals surface area contributed by atoms with Gasteiger partial charge < -0.3 is 8.83 Å². The van der Waals surface area contributed by atoms with E-state index in [4.69, 9.17) is 28.8 Å². The van der Waals surface area contributed by atoms with Crippen molar-refractivity contribution in [3.8, 4) is 67.9 Å². The summed E-state index contributed by atoms with van der Waals surface area (Å²) in [6.45, 7) is 0. The van der Waals surface area contributed by atoms with Gasteiger partial charge in [0.1, 0.15) is 16.7 Å². The summed E-state index contributed by atoms with van der Waals surface area (Å²) in [5, 5.41) is 4.50. The average molecular weight is 775 g/mol. The molecule has 4 heterocycles. The second-order valence-corrected chi connectivity index (χ2v) is 15.7. The average Bonchev–Trinajstić information content (AvgIpc) is 4.02. The fourth-order valence-electron chi connectivity index (χ4n) is 8.06. The molecular weight excluding hydrogens is 745 g/mol. The van der Waals surface area contributed by atoms with Gasteiger partial charge in [-0.1, -0.05) is 127 Å². The van der Waals surface area contributed by atoms with Crippen molar-refractivity contribution in [1.82, 2.24) is 19.9 Å². The van der Waals surface area contributed by atoms with Crippen molar-refractivity contribution in [3.05, 3.63) is 182 Å². The molecule has 0 bridgehead atoms. The highest BCUT2D eigenvalue weighted by Gasteiger charge is 2.18. The minimum absolute atomic E-state index is 0.583. The predicted octanol–water partition coefficient (Wildman–Crippen LogP) is 14.3. The number of hydrogen-bond acceptors (Lipinski definition) is 7. The maximum Gasteiger partial charge on any atom is 0.227 e. The Bertz CT molecular complexity index is 3570. The Balaban J connectivity index is 0.935. The molecule has 6 nitrogen and oxygen atoms in total. The highest BCUT2D eigenvalue weighted by atomic mass is 32.1. The topological polar surface area (TPSA) is 77.8 Å². The van der Waals surface area contributed by atoms with Gasteiger partial charge in [0.25, 0.3) is 0 Å². The van der Waals surface area contributed by atoms with Crippen LogP contribution < -0.4 is 0 Å². The second kappa shape index (κ2) is 13.4. The van der Waals surface area contributed by atoms with Gasteiger partial charge in [0, 0.05) is 53.2 Å². The summed E-state index contributed by atoms with van der Waals surface area (Å²) in [7, 11) is 0. The molecule has 0 unspecified atom stereocenters. The first-order chi connectivity index (χ1) is 29.2. The third kappa shape index (κ3) is 5.78. The van der Waals surface area contributed by atoms with Crippen molar-refractivity contribution < 1.29 is 8.83 Å². The van der Waals surface area contributed by atoms with E-state index in [-0.39, 0.29) is 0 Å². The van der Waals surface area contributed by atoms with Crippen LogP contribution in [0.25, 0.3) is 121 Å². The van der Waals surface area contributed by atoms with Crippen LogP contribution in [0.4, 0.5) is 0 Å². The fourth-order valence-corrected chi connectivity index (χ4v) is 9.28. The van der Waals surface area contributed by atoms with Gasteiger partial charge in [-0.25, -0.2) is 19.9 Å². The summed E-state index contributed by atoms with van der Waals surface area (Å²) in [6, 6.07) is 62.4. The summed E-state index contributed by atoms with van der Waals surface area (Å²) >= 11 is 1.79. The van der Waals surface area contributed by atoms with E-state index in [0.717, 1.165) is 77.5 Å². The van der Waals surface area contributed by atoms with Crippen LogP contribution in [0.15, 0.2) is 191 Å². The highest BCUT2D eigenvalue weighted by Crippen LogP contribution is 2.42. The van der Waals surface area contributed by atoms with Crippen LogP contribution in [0.1, 0.15) is 0 Å². The van der Waals surface area contributed by atoms with Crippen molar-refractivity contribution in [2.75, 3.05) is 0 Å². The maximum atomic E-state index is 6.38. The first kappa shape index (κ1) is 33.4. The van der Waals surface area contributed by atoms with Crippen molar-refractivity contribution in [2.24, 2.45) is 0 Å². The second-order valence-electron chi connectivity index (χ2n) is 14.6. The first-order valence-electron chi connectivity index (χ1n) is 19.4. The molecule has 12 aromatic rings.